The van der Waals surface area contributed by atoms with Crippen LogP contribution in [0.25, 0.3) is 0 Å². The highest BCUT2D eigenvalue weighted by Gasteiger charge is 2.32. The molecule has 0 aliphatic carbocycles. The van der Waals surface area contributed by atoms with Crippen molar-refractivity contribution < 1.29 is 18.4 Å². The summed E-state index contributed by atoms with van der Waals surface area (Å²) in [5.41, 5.74) is 0.301. The smallest absolute Gasteiger partial charge is 0.234 e. The number of carbonyl (C=O) groups is 2. The SMILES string of the molecule is CC.CC.CCCC1CCN(c2ccc(C3CCC(=O)NC3=O)c(F)c2F)CC1. The first-order chi connectivity index (χ1) is 14.0. The number of halogens is 2. The van der Waals surface area contributed by atoms with Crippen molar-refractivity contribution in [2.75, 3.05) is 18.0 Å². The lowest BCUT2D eigenvalue weighted by Crippen LogP contribution is -2.40. The molecule has 3 rings (SSSR count). The van der Waals surface area contributed by atoms with E-state index in [1.165, 1.54) is 12.5 Å². The number of nitrogens with zero attached hydrogens (tertiary/aromatic N) is 1. The van der Waals surface area contributed by atoms with Gasteiger partial charge in [-0.3, -0.25) is 14.9 Å². The Kier molecular flexibility index (Phi) is 10.8. The second-order valence-electron chi connectivity index (χ2n) is 7.02. The van der Waals surface area contributed by atoms with E-state index in [4.69, 9.17) is 0 Å². The molecule has 0 radical (unpaired) electrons. The van der Waals surface area contributed by atoms with E-state index in [1.54, 1.807) is 6.07 Å². The normalized spacial score (nSPS) is 19.6. The quantitative estimate of drug-likeness (QED) is 0.662. The van der Waals surface area contributed by atoms with E-state index in [2.05, 4.69) is 12.2 Å². The fourth-order valence-electron chi connectivity index (χ4n) is 3.93. The minimum atomic E-state index is -0.970. The molecule has 1 aromatic carbocycles. The summed E-state index contributed by atoms with van der Waals surface area (Å²) in [6, 6.07) is 3.06. The predicted octanol–water partition coefficient (Wildman–Crippen LogP) is 5.55. The van der Waals surface area contributed by atoms with E-state index in [9.17, 15) is 18.4 Å². The maximum atomic E-state index is 14.6. The molecule has 0 spiro atoms. The van der Waals surface area contributed by atoms with Crippen LogP contribution in [0.15, 0.2) is 12.1 Å². The molecule has 2 saturated heterocycles. The fraction of sp³-hybridized carbons (Fsp3) is 0.652. The number of hydrogen-bond donors (Lipinski definition) is 1. The Morgan fingerprint density at radius 3 is 2.17 bits per heavy atom. The zero-order valence-corrected chi connectivity index (χ0v) is 18.5. The molecule has 2 heterocycles. The highest BCUT2D eigenvalue weighted by molar-refractivity contribution is 6.01. The number of hydrogen-bond acceptors (Lipinski definition) is 3. The average Bonchev–Trinajstić information content (AvgIpc) is 2.75. The zero-order valence-electron chi connectivity index (χ0n) is 18.5. The van der Waals surface area contributed by atoms with Crippen molar-refractivity contribution in [1.82, 2.24) is 5.32 Å². The Morgan fingerprint density at radius 1 is 1.00 bits per heavy atom. The molecule has 0 saturated carbocycles. The molecular weight excluding hydrogens is 374 g/mol. The Balaban J connectivity index is 0.000000989. The van der Waals surface area contributed by atoms with E-state index < -0.39 is 23.5 Å². The topological polar surface area (TPSA) is 49.4 Å². The fourth-order valence-corrected chi connectivity index (χ4v) is 3.93. The molecule has 2 amide bonds. The summed E-state index contributed by atoms with van der Waals surface area (Å²) in [5, 5.41) is 2.19. The molecule has 1 unspecified atom stereocenters. The minimum absolute atomic E-state index is 0.0344. The van der Waals surface area contributed by atoms with E-state index in [-0.39, 0.29) is 30.0 Å². The number of carbonyl (C=O) groups excluding carboxylic acids is 2. The highest BCUT2D eigenvalue weighted by Crippen LogP contribution is 2.34. The van der Waals surface area contributed by atoms with Crippen LogP contribution in [0.1, 0.15) is 84.6 Å². The number of anilines is 1. The Hall–Kier alpha value is -1.98. The summed E-state index contributed by atoms with van der Waals surface area (Å²) in [7, 11) is 0. The van der Waals surface area contributed by atoms with Crippen molar-refractivity contribution in [3.8, 4) is 0 Å². The van der Waals surface area contributed by atoms with E-state index in [0.29, 0.717) is 5.92 Å². The van der Waals surface area contributed by atoms with Crippen LogP contribution in [0.5, 0.6) is 0 Å². The monoisotopic (exact) mass is 410 g/mol. The van der Waals surface area contributed by atoms with E-state index in [0.717, 1.165) is 32.4 Å². The number of nitrogens with one attached hydrogen (secondary N) is 1. The lowest BCUT2D eigenvalue weighted by atomic mass is 9.89. The third-order valence-corrected chi connectivity index (χ3v) is 5.36. The lowest BCUT2D eigenvalue weighted by molar-refractivity contribution is -0.134. The maximum Gasteiger partial charge on any atom is 0.234 e. The lowest BCUT2D eigenvalue weighted by Gasteiger charge is -2.34. The van der Waals surface area contributed by atoms with Crippen LogP contribution in [0.2, 0.25) is 0 Å². The molecule has 1 aromatic rings. The molecule has 29 heavy (non-hydrogen) atoms. The highest BCUT2D eigenvalue weighted by atomic mass is 19.2. The van der Waals surface area contributed by atoms with Crippen LogP contribution in [0, 0.1) is 17.6 Å². The molecule has 2 fully saturated rings. The van der Waals surface area contributed by atoms with Crippen molar-refractivity contribution in [2.24, 2.45) is 5.92 Å². The van der Waals surface area contributed by atoms with Gasteiger partial charge in [0, 0.05) is 25.1 Å². The second-order valence-corrected chi connectivity index (χ2v) is 7.02. The van der Waals surface area contributed by atoms with Crippen LogP contribution in [0.4, 0.5) is 14.5 Å². The summed E-state index contributed by atoms with van der Waals surface area (Å²) in [6.07, 6.45) is 4.66. The largest absolute Gasteiger partial charge is 0.369 e. The van der Waals surface area contributed by atoms with Crippen LogP contribution in [-0.2, 0) is 9.59 Å². The summed E-state index contributed by atoms with van der Waals surface area (Å²) in [5.74, 6) is -2.93. The first-order valence-corrected chi connectivity index (χ1v) is 11.1. The Morgan fingerprint density at radius 2 is 1.62 bits per heavy atom. The molecule has 2 aliphatic rings. The summed E-state index contributed by atoms with van der Waals surface area (Å²) >= 11 is 0. The van der Waals surface area contributed by atoms with Gasteiger partial charge >= 0.3 is 0 Å². The van der Waals surface area contributed by atoms with Crippen LogP contribution >= 0.6 is 0 Å². The third kappa shape index (κ3) is 6.25. The molecule has 1 N–H and O–H groups in total. The van der Waals surface area contributed by atoms with Gasteiger partial charge in [-0.1, -0.05) is 53.5 Å². The van der Waals surface area contributed by atoms with Gasteiger partial charge in [-0.15, -0.1) is 0 Å². The summed E-state index contributed by atoms with van der Waals surface area (Å²) < 4.78 is 29.2. The van der Waals surface area contributed by atoms with Crippen molar-refractivity contribution in [1.29, 1.82) is 0 Å². The van der Waals surface area contributed by atoms with Crippen molar-refractivity contribution in [3.63, 3.8) is 0 Å². The van der Waals surface area contributed by atoms with Gasteiger partial charge in [0.1, 0.15) is 0 Å². The number of piperidine rings is 2. The van der Waals surface area contributed by atoms with Gasteiger partial charge in [-0.05, 0) is 31.2 Å². The van der Waals surface area contributed by atoms with Gasteiger partial charge in [-0.25, -0.2) is 8.78 Å². The van der Waals surface area contributed by atoms with Gasteiger partial charge in [0.15, 0.2) is 11.6 Å². The number of rotatable bonds is 4. The Labute approximate surface area is 174 Å². The van der Waals surface area contributed by atoms with Crippen molar-refractivity contribution in [3.05, 3.63) is 29.3 Å². The van der Waals surface area contributed by atoms with Crippen LogP contribution in [-0.4, -0.2) is 24.9 Å². The zero-order chi connectivity index (χ0) is 22.0. The van der Waals surface area contributed by atoms with Crippen molar-refractivity contribution >= 4 is 17.5 Å². The maximum absolute atomic E-state index is 14.6. The number of imide groups is 1. The molecule has 0 bridgehead atoms. The van der Waals surface area contributed by atoms with Gasteiger partial charge < -0.3 is 4.90 Å². The predicted molar refractivity (Wildman–Crippen MR) is 114 cm³/mol. The molecule has 0 aromatic heterocycles. The van der Waals surface area contributed by atoms with E-state index in [1.807, 2.05) is 32.6 Å². The minimum Gasteiger partial charge on any atom is -0.369 e. The summed E-state index contributed by atoms with van der Waals surface area (Å²) in [6.45, 7) is 11.6. The van der Waals surface area contributed by atoms with Gasteiger partial charge in [0.25, 0.3) is 0 Å². The first-order valence-electron chi connectivity index (χ1n) is 11.1. The molecule has 164 valence electrons. The Bertz CT molecular complexity index is 671. The number of amides is 2. The van der Waals surface area contributed by atoms with Gasteiger partial charge in [-0.2, -0.15) is 0 Å². The third-order valence-electron chi connectivity index (χ3n) is 5.36. The van der Waals surface area contributed by atoms with Crippen LogP contribution in [0.3, 0.4) is 0 Å². The molecule has 4 nitrogen and oxygen atoms in total. The van der Waals surface area contributed by atoms with Gasteiger partial charge in [0.05, 0.1) is 11.6 Å². The first kappa shape index (κ1) is 25.1. The molecule has 1 atom stereocenters. The van der Waals surface area contributed by atoms with Gasteiger partial charge in [0.2, 0.25) is 11.8 Å². The second kappa shape index (κ2) is 12.6. The molecule has 6 heteroatoms. The molecule has 2 aliphatic heterocycles. The van der Waals surface area contributed by atoms with Crippen molar-refractivity contribution in [2.45, 2.75) is 79.1 Å². The number of benzene rings is 1. The standard InChI is InChI=1S/C19H24F2N2O2.2C2H6/c1-2-3-12-8-10-23(11-9-12)15-6-4-13(17(20)18(15)21)14-5-7-16(24)22-19(14)25;2*1-2/h4,6,12,14H,2-3,5,7-11H2,1H3,(H,22,24,25);2*1-2H3. The summed E-state index contributed by atoms with van der Waals surface area (Å²) in [4.78, 5) is 25.0. The average molecular weight is 411 g/mol. The van der Waals surface area contributed by atoms with Crippen LogP contribution < -0.4 is 10.2 Å². The molecular formula is C23H36F2N2O2. The van der Waals surface area contributed by atoms with E-state index >= 15 is 0 Å².